The van der Waals surface area contributed by atoms with Crippen LogP contribution in [0.25, 0.3) is 11.1 Å². The van der Waals surface area contributed by atoms with Gasteiger partial charge in [0.25, 0.3) is 0 Å². The van der Waals surface area contributed by atoms with E-state index in [4.69, 9.17) is 14.2 Å². The quantitative estimate of drug-likeness (QED) is 0.285. The third kappa shape index (κ3) is 6.29. The van der Waals surface area contributed by atoms with Gasteiger partial charge in [0.15, 0.2) is 23.1 Å². The molecule has 3 nitrogen and oxygen atoms in total. The first-order valence-electron chi connectivity index (χ1n) is 15.2. The molecule has 5 rings (SSSR count). The number of hydrogen-bond donors (Lipinski definition) is 0. The van der Waals surface area contributed by atoms with E-state index >= 15 is 0 Å². The van der Waals surface area contributed by atoms with Crippen molar-refractivity contribution in [3.8, 4) is 22.6 Å². The van der Waals surface area contributed by atoms with Crippen molar-refractivity contribution in [3.05, 3.63) is 47.5 Å². The van der Waals surface area contributed by atoms with Crippen molar-refractivity contribution in [1.82, 2.24) is 0 Å². The second-order valence-electron chi connectivity index (χ2n) is 12.0. The normalized spacial score (nSPS) is 28.6. The highest BCUT2D eigenvalue weighted by atomic mass is 19.2. The average molecular weight is 563 g/mol. The SMILES string of the molecule is CCOc1ccc(-c2ccc(OCC3CCC(C4CCC5CC(OCC)CCC5C4)CC3)c(F)c2F)c(F)c1F. The second kappa shape index (κ2) is 13.1. The first kappa shape index (κ1) is 29.2. The molecule has 0 amide bonds. The van der Waals surface area contributed by atoms with E-state index in [2.05, 4.69) is 6.92 Å². The predicted octanol–water partition coefficient (Wildman–Crippen LogP) is 9.12. The Kier molecular flexibility index (Phi) is 9.60. The molecule has 2 aromatic carbocycles. The van der Waals surface area contributed by atoms with Crippen LogP contribution in [-0.4, -0.2) is 25.9 Å². The van der Waals surface area contributed by atoms with E-state index in [-0.39, 0.29) is 29.2 Å². The average Bonchev–Trinajstić information content (AvgIpc) is 2.97. The maximum Gasteiger partial charge on any atom is 0.201 e. The smallest absolute Gasteiger partial charge is 0.201 e. The lowest BCUT2D eigenvalue weighted by molar-refractivity contribution is -0.0214. The summed E-state index contributed by atoms with van der Waals surface area (Å²) in [6.07, 6.45) is 12.6. The zero-order valence-electron chi connectivity index (χ0n) is 23.7. The van der Waals surface area contributed by atoms with Crippen molar-refractivity contribution >= 4 is 0 Å². The van der Waals surface area contributed by atoms with Crippen molar-refractivity contribution < 1.29 is 31.8 Å². The molecule has 3 aliphatic rings. The first-order chi connectivity index (χ1) is 19.4. The molecule has 40 heavy (non-hydrogen) atoms. The maximum atomic E-state index is 14.9. The molecule has 0 saturated heterocycles. The van der Waals surface area contributed by atoms with Gasteiger partial charge >= 0.3 is 0 Å². The van der Waals surface area contributed by atoms with Crippen LogP contribution < -0.4 is 9.47 Å². The van der Waals surface area contributed by atoms with Crippen molar-refractivity contribution in [2.24, 2.45) is 29.6 Å². The Labute approximate surface area is 235 Å². The molecule has 0 aliphatic heterocycles. The lowest BCUT2D eigenvalue weighted by Gasteiger charge is -2.45. The number of hydrogen-bond acceptors (Lipinski definition) is 3. The van der Waals surface area contributed by atoms with E-state index in [9.17, 15) is 17.6 Å². The lowest BCUT2D eigenvalue weighted by Crippen LogP contribution is -2.37. The molecule has 7 heteroatoms. The minimum Gasteiger partial charge on any atom is -0.491 e. The molecule has 220 valence electrons. The Hall–Kier alpha value is -2.28. The maximum absolute atomic E-state index is 14.9. The molecule has 0 spiro atoms. The van der Waals surface area contributed by atoms with Crippen molar-refractivity contribution in [1.29, 1.82) is 0 Å². The highest BCUT2D eigenvalue weighted by Gasteiger charge is 2.39. The van der Waals surface area contributed by atoms with Crippen LogP contribution in [0.4, 0.5) is 17.6 Å². The zero-order chi connectivity index (χ0) is 28.2. The Bertz CT molecular complexity index is 1150. The number of rotatable bonds is 9. The summed E-state index contributed by atoms with van der Waals surface area (Å²) in [5, 5.41) is 0. The minimum atomic E-state index is -1.28. The molecule has 0 radical (unpaired) electrons. The predicted molar refractivity (Wildman–Crippen MR) is 147 cm³/mol. The molecule has 2 aromatic rings. The summed E-state index contributed by atoms with van der Waals surface area (Å²) < 4.78 is 75.4. The largest absolute Gasteiger partial charge is 0.491 e. The van der Waals surface area contributed by atoms with Gasteiger partial charge in [-0.3, -0.25) is 0 Å². The van der Waals surface area contributed by atoms with Crippen LogP contribution in [0, 0.1) is 52.9 Å². The first-order valence-corrected chi connectivity index (χ1v) is 15.2. The van der Waals surface area contributed by atoms with Crippen LogP contribution >= 0.6 is 0 Å². The second-order valence-corrected chi connectivity index (χ2v) is 12.0. The highest BCUT2D eigenvalue weighted by molar-refractivity contribution is 5.67. The summed E-state index contributed by atoms with van der Waals surface area (Å²) in [6.45, 7) is 5.03. The molecule has 3 fully saturated rings. The number of benzene rings is 2. The summed E-state index contributed by atoms with van der Waals surface area (Å²) >= 11 is 0. The Morgan fingerprint density at radius 3 is 1.70 bits per heavy atom. The van der Waals surface area contributed by atoms with Gasteiger partial charge in [-0.05, 0) is 132 Å². The monoisotopic (exact) mass is 562 g/mol. The molecule has 0 N–H and O–H groups in total. The zero-order valence-corrected chi connectivity index (χ0v) is 23.7. The summed E-state index contributed by atoms with van der Waals surface area (Å²) in [7, 11) is 0. The van der Waals surface area contributed by atoms with Gasteiger partial charge in [0, 0.05) is 17.7 Å². The fraction of sp³-hybridized carbons (Fsp3) is 0.636. The van der Waals surface area contributed by atoms with Gasteiger partial charge in [-0.25, -0.2) is 8.78 Å². The van der Waals surface area contributed by atoms with Crippen molar-refractivity contribution in [2.45, 2.75) is 84.2 Å². The molecule has 0 aromatic heterocycles. The van der Waals surface area contributed by atoms with Crippen LogP contribution in [0.15, 0.2) is 24.3 Å². The van der Waals surface area contributed by atoms with Gasteiger partial charge in [0.05, 0.1) is 19.3 Å². The van der Waals surface area contributed by atoms with E-state index in [0.717, 1.165) is 56.0 Å². The van der Waals surface area contributed by atoms with Crippen molar-refractivity contribution in [2.75, 3.05) is 19.8 Å². The summed E-state index contributed by atoms with van der Waals surface area (Å²) in [5.41, 5.74) is -0.718. The van der Waals surface area contributed by atoms with E-state index in [1.807, 2.05) is 0 Å². The lowest BCUT2D eigenvalue weighted by atomic mass is 9.62. The van der Waals surface area contributed by atoms with Crippen molar-refractivity contribution in [3.63, 3.8) is 0 Å². The Morgan fingerprint density at radius 2 is 1.10 bits per heavy atom. The molecule has 0 heterocycles. The number of fused-ring (bicyclic) bond motifs is 1. The third-order valence-electron chi connectivity index (χ3n) is 9.72. The van der Waals surface area contributed by atoms with Crippen LogP contribution in [0.3, 0.4) is 0 Å². The Morgan fingerprint density at radius 1 is 0.575 bits per heavy atom. The molecular weight excluding hydrogens is 520 g/mol. The Balaban J connectivity index is 1.13. The summed E-state index contributed by atoms with van der Waals surface area (Å²) in [4.78, 5) is 0. The summed E-state index contributed by atoms with van der Waals surface area (Å²) in [6, 6.07) is 4.94. The van der Waals surface area contributed by atoms with Crippen LogP contribution in [0.5, 0.6) is 11.5 Å². The van der Waals surface area contributed by atoms with Gasteiger partial charge < -0.3 is 14.2 Å². The minimum absolute atomic E-state index is 0.156. The van der Waals surface area contributed by atoms with Crippen LogP contribution in [0.2, 0.25) is 0 Å². The van der Waals surface area contributed by atoms with E-state index in [1.54, 1.807) is 6.92 Å². The van der Waals surface area contributed by atoms with Gasteiger partial charge in [-0.15, -0.1) is 0 Å². The molecule has 0 bridgehead atoms. The van der Waals surface area contributed by atoms with E-state index in [1.165, 1.54) is 62.8 Å². The summed E-state index contributed by atoms with van der Waals surface area (Å²) in [5.74, 6) is -1.87. The topological polar surface area (TPSA) is 27.7 Å². The molecule has 3 saturated carbocycles. The van der Waals surface area contributed by atoms with Gasteiger partial charge in [0.1, 0.15) is 0 Å². The van der Waals surface area contributed by atoms with Gasteiger partial charge in [-0.1, -0.05) is 0 Å². The fourth-order valence-electron chi connectivity index (χ4n) is 7.59. The van der Waals surface area contributed by atoms with Crippen LogP contribution in [-0.2, 0) is 4.74 Å². The molecular formula is C33H42F4O3. The fourth-order valence-corrected chi connectivity index (χ4v) is 7.59. The van der Waals surface area contributed by atoms with Gasteiger partial charge in [0.2, 0.25) is 11.6 Å². The number of ether oxygens (including phenoxy) is 3. The standard InChI is InChI=1S/C33H42F4O3/c1-3-38-25-12-11-23-17-22(9-10-24(23)18-25)21-7-5-20(6-8-21)19-40-29-16-14-27(31(35)33(29)37)26-13-15-28(39-4-2)32(36)30(26)34/h13-16,20-25H,3-12,17-19H2,1-2H3. The number of halogens is 4. The van der Waals surface area contributed by atoms with E-state index in [0.29, 0.717) is 18.6 Å². The van der Waals surface area contributed by atoms with Gasteiger partial charge in [-0.2, -0.15) is 8.78 Å². The molecule has 4 atom stereocenters. The van der Waals surface area contributed by atoms with E-state index < -0.39 is 23.3 Å². The molecule has 3 aliphatic carbocycles. The highest BCUT2D eigenvalue weighted by Crippen LogP contribution is 2.48. The third-order valence-corrected chi connectivity index (χ3v) is 9.72. The molecule has 4 unspecified atom stereocenters. The van der Waals surface area contributed by atoms with Crippen LogP contribution in [0.1, 0.15) is 78.1 Å².